The molecule has 3 rings (SSSR count). The molecule has 13 heteroatoms. The van der Waals surface area contributed by atoms with Crippen LogP contribution in [-0.2, 0) is 27.8 Å². The van der Waals surface area contributed by atoms with Crippen molar-refractivity contribution in [1.82, 2.24) is 5.32 Å². The Labute approximate surface area is 184 Å². The normalized spacial score (nSPS) is 21.3. The molecule has 0 radical (unpaired) electrons. The lowest BCUT2D eigenvalue weighted by Gasteiger charge is -2.33. The molecule has 1 N–H and O–H groups in total. The van der Waals surface area contributed by atoms with Crippen LogP contribution in [0.4, 0.5) is 43.9 Å². The minimum atomic E-state index is -6.29. The second-order valence-corrected chi connectivity index (χ2v) is 9.24. The van der Waals surface area contributed by atoms with Crippen LogP contribution in [0.25, 0.3) is 0 Å². The van der Waals surface area contributed by atoms with Crippen molar-refractivity contribution in [3.63, 3.8) is 0 Å². The summed E-state index contributed by atoms with van der Waals surface area (Å²) in [7, 11) is 0. The van der Waals surface area contributed by atoms with Gasteiger partial charge in [-0.05, 0) is 23.3 Å². The second kappa shape index (κ2) is 8.35. The Morgan fingerprint density at radius 3 is 1.82 bits per heavy atom. The maximum absolute atomic E-state index is 14.3. The van der Waals surface area contributed by atoms with Crippen LogP contribution in [0.2, 0.25) is 0 Å². The van der Waals surface area contributed by atoms with Crippen molar-refractivity contribution in [2.75, 3.05) is 13.1 Å². The highest BCUT2D eigenvalue weighted by molar-refractivity contribution is 7.92. The molecular formula is C20H15F10NOS. The summed E-state index contributed by atoms with van der Waals surface area (Å²) in [5, 5.41) is 2.85. The zero-order valence-corrected chi connectivity index (χ0v) is 17.2. The van der Waals surface area contributed by atoms with Crippen LogP contribution in [0, 0.1) is 0 Å². The van der Waals surface area contributed by atoms with Crippen LogP contribution in [0.5, 0.6) is 0 Å². The quantitative estimate of drug-likeness (QED) is 0.408. The van der Waals surface area contributed by atoms with E-state index in [4.69, 9.17) is 0 Å². The summed E-state index contributed by atoms with van der Waals surface area (Å²) in [4.78, 5) is -0.219. The van der Waals surface area contributed by atoms with E-state index < -0.39 is 51.2 Å². The molecule has 2 aromatic carbocycles. The van der Waals surface area contributed by atoms with Gasteiger partial charge in [0.25, 0.3) is 0 Å². The van der Waals surface area contributed by atoms with Crippen molar-refractivity contribution in [2.45, 2.75) is 40.3 Å². The predicted octanol–water partition coefficient (Wildman–Crippen LogP) is 5.99. The van der Waals surface area contributed by atoms with Gasteiger partial charge in [-0.1, -0.05) is 30.3 Å². The molecule has 1 aliphatic rings. The van der Waals surface area contributed by atoms with E-state index in [9.17, 15) is 48.5 Å². The number of rotatable bonds is 4. The molecule has 0 aliphatic carbocycles. The largest absolute Gasteiger partial charge is 0.611 e. The molecule has 2 nitrogen and oxygen atoms in total. The molecule has 182 valence electrons. The molecule has 0 amide bonds. The van der Waals surface area contributed by atoms with Crippen molar-refractivity contribution >= 4 is 11.2 Å². The monoisotopic (exact) mass is 507 g/mol. The Kier molecular flexibility index (Phi) is 6.48. The summed E-state index contributed by atoms with van der Waals surface area (Å²) in [6.45, 7) is 0.166. The zero-order valence-electron chi connectivity index (χ0n) is 16.3. The average Bonchev–Trinajstić information content (AvgIpc) is 3.21. The molecule has 1 heterocycles. The second-order valence-electron chi connectivity index (χ2n) is 7.45. The summed E-state index contributed by atoms with van der Waals surface area (Å²) in [5.74, 6) is 0. The first-order valence-corrected chi connectivity index (χ1v) is 10.4. The Hall–Kier alpha value is -1.99. The summed E-state index contributed by atoms with van der Waals surface area (Å²) in [6, 6.07) is 5.85. The zero-order chi connectivity index (χ0) is 24.9. The van der Waals surface area contributed by atoms with Gasteiger partial charge in [0.2, 0.25) is 0 Å². The first kappa shape index (κ1) is 25.6. The van der Waals surface area contributed by atoms with Crippen molar-refractivity contribution in [2.24, 2.45) is 0 Å². The number of benzene rings is 2. The fourth-order valence-electron chi connectivity index (χ4n) is 3.69. The summed E-state index contributed by atoms with van der Waals surface area (Å²) in [5.41, 5.74) is -8.40. The number of hydrogen-bond acceptors (Lipinski definition) is 2. The average molecular weight is 507 g/mol. The van der Waals surface area contributed by atoms with E-state index >= 15 is 0 Å². The molecule has 0 spiro atoms. The van der Waals surface area contributed by atoms with Crippen LogP contribution in [-0.4, -0.2) is 30.0 Å². The molecule has 2 atom stereocenters. The number of hydrogen-bond donors (Lipinski definition) is 1. The third-order valence-corrected chi connectivity index (χ3v) is 7.41. The lowest BCUT2D eigenvalue weighted by Crippen LogP contribution is -2.50. The molecule has 0 bridgehead atoms. The van der Waals surface area contributed by atoms with E-state index in [0.29, 0.717) is 18.2 Å². The molecular weight excluding hydrogens is 492 g/mol. The van der Waals surface area contributed by atoms with Gasteiger partial charge in [0, 0.05) is 30.2 Å². The molecule has 0 aromatic heterocycles. The Morgan fingerprint density at radius 1 is 0.788 bits per heavy atom. The van der Waals surface area contributed by atoms with Gasteiger partial charge in [-0.25, -0.2) is 4.39 Å². The Morgan fingerprint density at radius 2 is 1.36 bits per heavy atom. The Bertz CT molecular complexity index is 964. The van der Waals surface area contributed by atoms with Crippen molar-refractivity contribution in [1.29, 1.82) is 0 Å². The maximum atomic E-state index is 14.3. The molecule has 33 heavy (non-hydrogen) atoms. The molecule has 1 aliphatic heterocycles. The predicted molar refractivity (Wildman–Crippen MR) is 98.4 cm³/mol. The van der Waals surface area contributed by atoms with Crippen LogP contribution in [0.15, 0.2) is 53.4 Å². The number of halogens is 10. The minimum Gasteiger partial charge on any atom is -0.611 e. The van der Waals surface area contributed by atoms with Crippen molar-refractivity contribution < 1.29 is 48.5 Å². The van der Waals surface area contributed by atoms with Crippen LogP contribution < -0.4 is 5.32 Å². The summed E-state index contributed by atoms with van der Waals surface area (Å²) >= 11 is -2.18. The highest BCUT2D eigenvalue weighted by atomic mass is 32.2. The molecule has 1 fully saturated rings. The fraction of sp³-hybridized carbons (Fsp3) is 0.400. The van der Waals surface area contributed by atoms with E-state index in [1.807, 2.05) is 0 Å². The van der Waals surface area contributed by atoms with Gasteiger partial charge in [-0.15, -0.1) is 0 Å². The van der Waals surface area contributed by atoms with Gasteiger partial charge in [0.05, 0.1) is 12.1 Å². The fourth-order valence-corrected chi connectivity index (χ4v) is 5.44. The summed E-state index contributed by atoms with van der Waals surface area (Å²) in [6.07, 6.45) is -17.2. The van der Waals surface area contributed by atoms with Gasteiger partial charge >= 0.3 is 24.2 Å². The van der Waals surface area contributed by atoms with Gasteiger partial charge in [0.15, 0.2) is 9.64 Å². The van der Waals surface area contributed by atoms with Gasteiger partial charge < -0.3 is 9.87 Å². The van der Waals surface area contributed by atoms with Gasteiger partial charge in [-0.2, -0.15) is 39.5 Å². The van der Waals surface area contributed by atoms with Crippen LogP contribution in [0.3, 0.4) is 0 Å². The van der Waals surface area contributed by atoms with E-state index in [1.54, 1.807) is 0 Å². The number of alkyl halides is 10. The molecule has 1 saturated heterocycles. The van der Waals surface area contributed by atoms with E-state index in [-0.39, 0.29) is 30.0 Å². The number of nitrogens with one attached hydrogen (secondary N) is 1. The van der Waals surface area contributed by atoms with Gasteiger partial charge in [0.1, 0.15) is 0 Å². The topological polar surface area (TPSA) is 35.1 Å². The first-order chi connectivity index (χ1) is 15.0. The van der Waals surface area contributed by atoms with Crippen LogP contribution in [0.1, 0.15) is 23.1 Å². The van der Waals surface area contributed by atoms with Gasteiger partial charge in [-0.3, -0.25) is 0 Å². The third kappa shape index (κ3) is 4.42. The smallest absolute Gasteiger partial charge is 0.435 e. The molecule has 2 unspecified atom stereocenters. The van der Waals surface area contributed by atoms with Crippen LogP contribution >= 0.6 is 0 Å². The highest BCUT2D eigenvalue weighted by Crippen LogP contribution is 2.53. The standard InChI is InChI=1S/C20H15F10NOS/c21-17(19(25,26)27,20(28,29)30)13-6-4-12(5-7-13)16(8-9-31-11-16)33(32)15-3-1-2-14(10-15)18(22,23)24/h1-7,10,31H,8-9,11H2. The molecule has 0 saturated carbocycles. The lowest BCUT2D eigenvalue weighted by atomic mass is 9.90. The van der Waals surface area contributed by atoms with E-state index in [1.165, 1.54) is 6.07 Å². The third-order valence-electron chi connectivity index (χ3n) is 5.44. The SMILES string of the molecule is [O-][S+](c1cccc(C(F)(F)F)c1)C1(c2ccc(C(F)(C(F)(F)F)C(F)(F)F)cc2)CCNC1. The van der Waals surface area contributed by atoms with Crippen molar-refractivity contribution in [3.05, 3.63) is 65.2 Å². The maximum Gasteiger partial charge on any atom is 0.435 e. The minimum absolute atomic E-state index is 0.00121. The van der Waals surface area contributed by atoms with E-state index in [0.717, 1.165) is 24.3 Å². The summed E-state index contributed by atoms with van der Waals surface area (Å²) < 4.78 is 143. The molecule has 2 aromatic rings. The Balaban J connectivity index is 2.05. The first-order valence-electron chi connectivity index (χ1n) is 9.27. The van der Waals surface area contributed by atoms with E-state index in [2.05, 4.69) is 5.32 Å². The lowest BCUT2D eigenvalue weighted by molar-refractivity contribution is -0.348. The van der Waals surface area contributed by atoms with Crippen molar-refractivity contribution in [3.8, 4) is 0 Å². The highest BCUT2D eigenvalue weighted by Gasteiger charge is 2.73.